The Morgan fingerprint density at radius 1 is 1.54 bits per heavy atom. The number of aliphatic hydroxyl groups excluding tert-OH is 1. The Bertz CT molecular complexity index is 210. The number of hydrogen-bond acceptors (Lipinski definition) is 5. The van der Waals surface area contributed by atoms with Gasteiger partial charge in [0.05, 0.1) is 13.2 Å². The van der Waals surface area contributed by atoms with Crippen LogP contribution in [-0.4, -0.2) is 53.4 Å². The smallest absolute Gasteiger partial charge is 0.131 e. The van der Waals surface area contributed by atoms with E-state index in [-0.39, 0.29) is 13.2 Å². The lowest BCUT2D eigenvalue weighted by Gasteiger charge is -2.30. The van der Waals surface area contributed by atoms with Crippen LogP contribution in [0, 0.1) is 0 Å². The van der Waals surface area contributed by atoms with E-state index >= 15 is 0 Å². The molecule has 2 heterocycles. The van der Waals surface area contributed by atoms with Gasteiger partial charge in [-0.1, -0.05) is 0 Å². The third kappa shape index (κ3) is 1.19. The van der Waals surface area contributed by atoms with E-state index < -0.39 is 30.0 Å². The lowest BCUT2D eigenvalue weighted by Crippen LogP contribution is -2.55. The van der Waals surface area contributed by atoms with Crippen LogP contribution in [0.25, 0.3) is 0 Å². The van der Waals surface area contributed by atoms with Crippen molar-refractivity contribution in [3.63, 3.8) is 0 Å². The van der Waals surface area contributed by atoms with Gasteiger partial charge in [0.25, 0.3) is 0 Å². The summed E-state index contributed by atoms with van der Waals surface area (Å²) in [4.78, 5) is 0. The van der Waals surface area contributed by atoms with Crippen LogP contribution >= 0.6 is 0 Å². The van der Waals surface area contributed by atoms with Crippen molar-refractivity contribution < 1.29 is 19.7 Å². The molecule has 5 heteroatoms. The Kier molecular flexibility index (Phi) is 2.08. The number of aliphatic hydroxyl groups is 2. The lowest BCUT2D eigenvalue weighted by atomic mass is 9.90. The molecule has 0 bridgehead atoms. The van der Waals surface area contributed by atoms with Crippen molar-refractivity contribution in [3.8, 4) is 0 Å². The summed E-state index contributed by atoms with van der Waals surface area (Å²) in [6.07, 6.45) is -1.55. The molecule has 0 amide bonds. The number of nitrogens with two attached hydrogens (primary N) is 1. The molecule has 0 aromatic rings. The number of fused-ring (bicyclic) bond motifs is 1. The van der Waals surface area contributed by atoms with Gasteiger partial charge in [0.2, 0.25) is 0 Å². The van der Waals surface area contributed by atoms with E-state index in [9.17, 15) is 10.2 Å². The molecule has 0 aliphatic carbocycles. The molecule has 0 aromatic heterocycles. The van der Waals surface area contributed by atoms with Gasteiger partial charge in [-0.2, -0.15) is 0 Å². The van der Waals surface area contributed by atoms with E-state index in [1.807, 2.05) is 0 Å². The van der Waals surface area contributed by atoms with Crippen LogP contribution in [-0.2, 0) is 9.47 Å². The van der Waals surface area contributed by atoms with Gasteiger partial charge in [0, 0.05) is 6.04 Å². The molecular weight excluding hydrogens is 174 g/mol. The summed E-state index contributed by atoms with van der Waals surface area (Å²) < 4.78 is 10.5. The summed E-state index contributed by atoms with van der Waals surface area (Å²) in [6.45, 7) is 2.06. The second kappa shape index (κ2) is 2.90. The highest BCUT2D eigenvalue weighted by atomic mass is 16.6. The molecule has 2 fully saturated rings. The molecule has 2 rings (SSSR count). The molecule has 2 saturated heterocycles. The van der Waals surface area contributed by atoms with Gasteiger partial charge in [-0.25, -0.2) is 0 Å². The molecule has 2 aliphatic heterocycles. The molecule has 0 aromatic carbocycles. The second-order valence-electron chi connectivity index (χ2n) is 3.88. The van der Waals surface area contributed by atoms with Crippen LogP contribution in [0.15, 0.2) is 0 Å². The van der Waals surface area contributed by atoms with Crippen LogP contribution < -0.4 is 5.73 Å². The molecule has 0 unspecified atom stereocenters. The van der Waals surface area contributed by atoms with E-state index in [1.165, 1.54) is 0 Å². The highest BCUT2D eigenvalue weighted by molar-refractivity contribution is 5.07. The van der Waals surface area contributed by atoms with Gasteiger partial charge in [0.15, 0.2) is 0 Å². The fraction of sp³-hybridized carbons (Fsp3) is 1.00. The Labute approximate surface area is 76.4 Å². The lowest BCUT2D eigenvalue weighted by molar-refractivity contribution is -0.0804. The fourth-order valence-electron chi connectivity index (χ4n) is 1.92. The maximum Gasteiger partial charge on any atom is 0.131 e. The molecule has 5 nitrogen and oxygen atoms in total. The Morgan fingerprint density at radius 2 is 2.23 bits per heavy atom. The minimum atomic E-state index is -1.15. The average Bonchev–Trinajstić information content (AvgIpc) is 2.57. The summed E-state index contributed by atoms with van der Waals surface area (Å²) in [7, 11) is 0. The Hall–Kier alpha value is -0.200. The first kappa shape index (κ1) is 9.36. The van der Waals surface area contributed by atoms with E-state index in [0.29, 0.717) is 0 Å². The van der Waals surface area contributed by atoms with Crippen molar-refractivity contribution >= 4 is 0 Å². The molecular formula is C8H15NO4. The zero-order valence-electron chi connectivity index (χ0n) is 7.51. The van der Waals surface area contributed by atoms with Crippen molar-refractivity contribution in [2.24, 2.45) is 5.73 Å². The quantitative estimate of drug-likeness (QED) is 0.454. The molecule has 76 valence electrons. The second-order valence-corrected chi connectivity index (χ2v) is 3.88. The predicted octanol–water partition coefficient (Wildman–Crippen LogP) is -1.78. The van der Waals surface area contributed by atoms with Gasteiger partial charge in [-0.05, 0) is 6.92 Å². The van der Waals surface area contributed by atoms with Crippen molar-refractivity contribution in [2.45, 2.75) is 36.9 Å². The maximum atomic E-state index is 10.1. The van der Waals surface area contributed by atoms with Crippen molar-refractivity contribution in [1.29, 1.82) is 0 Å². The first-order valence-electron chi connectivity index (χ1n) is 4.45. The van der Waals surface area contributed by atoms with Crippen LogP contribution in [0.5, 0.6) is 0 Å². The van der Waals surface area contributed by atoms with Gasteiger partial charge in [0.1, 0.15) is 23.9 Å². The zero-order chi connectivity index (χ0) is 9.64. The van der Waals surface area contributed by atoms with Crippen molar-refractivity contribution in [1.82, 2.24) is 0 Å². The number of rotatable bonds is 1. The standard InChI is InChI=1S/C8H15NO4/c1-4(9)8(11)3-13-6-5(10)2-12-7(6)8/h4-7,10-11H,2-3,9H2,1H3/t4-,5-,6-,7+,8+/m1/s1. The summed E-state index contributed by atoms with van der Waals surface area (Å²) in [5.41, 5.74) is 4.49. The summed E-state index contributed by atoms with van der Waals surface area (Å²) in [6, 6.07) is -0.423. The summed E-state index contributed by atoms with van der Waals surface area (Å²) in [5.74, 6) is 0. The molecule has 5 atom stereocenters. The van der Waals surface area contributed by atoms with Crippen LogP contribution in [0.1, 0.15) is 6.92 Å². The normalized spacial score (nSPS) is 52.2. The van der Waals surface area contributed by atoms with E-state index in [4.69, 9.17) is 15.2 Å². The first-order valence-corrected chi connectivity index (χ1v) is 4.45. The highest BCUT2D eigenvalue weighted by Crippen LogP contribution is 2.35. The summed E-state index contributed by atoms with van der Waals surface area (Å²) in [5, 5.41) is 19.5. The van der Waals surface area contributed by atoms with Gasteiger partial charge < -0.3 is 25.4 Å². The summed E-state index contributed by atoms with van der Waals surface area (Å²) >= 11 is 0. The molecule has 0 radical (unpaired) electrons. The Balaban J connectivity index is 2.18. The van der Waals surface area contributed by atoms with E-state index in [0.717, 1.165) is 0 Å². The molecule has 0 spiro atoms. The van der Waals surface area contributed by atoms with Gasteiger partial charge in [-0.3, -0.25) is 0 Å². The maximum absolute atomic E-state index is 10.1. The zero-order valence-corrected chi connectivity index (χ0v) is 7.51. The van der Waals surface area contributed by atoms with Crippen LogP contribution in [0.2, 0.25) is 0 Å². The average molecular weight is 189 g/mol. The third-order valence-corrected chi connectivity index (χ3v) is 2.91. The molecule has 2 aliphatic rings. The Morgan fingerprint density at radius 3 is 2.85 bits per heavy atom. The van der Waals surface area contributed by atoms with Crippen LogP contribution in [0.3, 0.4) is 0 Å². The topological polar surface area (TPSA) is 84.9 Å². The molecule has 4 N–H and O–H groups in total. The van der Waals surface area contributed by atoms with Gasteiger partial charge >= 0.3 is 0 Å². The van der Waals surface area contributed by atoms with Crippen molar-refractivity contribution in [3.05, 3.63) is 0 Å². The number of ether oxygens (including phenoxy) is 2. The van der Waals surface area contributed by atoms with E-state index in [2.05, 4.69) is 0 Å². The molecule has 0 saturated carbocycles. The fourth-order valence-corrected chi connectivity index (χ4v) is 1.92. The van der Waals surface area contributed by atoms with Crippen LogP contribution in [0.4, 0.5) is 0 Å². The largest absolute Gasteiger partial charge is 0.388 e. The first-order chi connectivity index (χ1) is 6.05. The highest BCUT2D eigenvalue weighted by Gasteiger charge is 2.57. The number of hydrogen-bond donors (Lipinski definition) is 3. The minimum Gasteiger partial charge on any atom is -0.388 e. The monoisotopic (exact) mass is 189 g/mol. The minimum absolute atomic E-state index is 0.136. The van der Waals surface area contributed by atoms with E-state index in [1.54, 1.807) is 6.92 Å². The van der Waals surface area contributed by atoms with Gasteiger partial charge in [-0.15, -0.1) is 0 Å². The molecule has 13 heavy (non-hydrogen) atoms. The predicted molar refractivity (Wildman–Crippen MR) is 44.1 cm³/mol. The third-order valence-electron chi connectivity index (χ3n) is 2.91. The SMILES string of the molecule is C[C@@H](N)[C@@]1(O)CO[C@@H]2[C@H](O)CO[C@@H]21. The van der Waals surface area contributed by atoms with Crippen molar-refractivity contribution in [2.75, 3.05) is 13.2 Å².